The van der Waals surface area contributed by atoms with Crippen LogP contribution in [0.1, 0.15) is 258 Å². The van der Waals surface area contributed by atoms with Gasteiger partial charge in [0.25, 0.3) is 0 Å². The van der Waals surface area contributed by atoms with Crippen molar-refractivity contribution in [1.82, 2.24) is 0 Å². The molecule has 0 aliphatic rings. The van der Waals surface area contributed by atoms with Crippen molar-refractivity contribution < 1.29 is 4.74 Å². The highest BCUT2D eigenvalue weighted by Gasteiger charge is 1.98. The molecule has 0 aromatic heterocycles. The van der Waals surface area contributed by atoms with Crippen molar-refractivity contribution in [2.24, 2.45) is 0 Å². The van der Waals surface area contributed by atoms with Crippen LogP contribution in [0.4, 0.5) is 0 Å². The monoisotopic (exact) mass is 606 g/mol. The molecule has 0 N–H and O–H groups in total. The summed E-state index contributed by atoms with van der Waals surface area (Å²) >= 11 is 0. The summed E-state index contributed by atoms with van der Waals surface area (Å²) in [7, 11) is 0. The molecule has 0 amide bonds. The number of hydrogen-bond acceptors (Lipinski definition) is 1. The van der Waals surface area contributed by atoms with Crippen LogP contribution in [0.5, 0.6) is 0 Å². The normalized spacial score (nSPS) is 11.6. The maximum absolute atomic E-state index is 5.77. The van der Waals surface area contributed by atoms with E-state index in [0.717, 1.165) is 13.0 Å². The van der Waals surface area contributed by atoms with Crippen LogP contribution in [0.15, 0.2) is 0 Å². The lowest BCUT2D eigenvalue weighted by molar-refractivity contribution is 0.183. The Morgan fingerprint density at radius 3 is 0.721 bits per heavy atom. The van der Waals surface area contributed by atoms with Gasteiger partial charge in [0.05, 0.1) is 6.61 Å². The third-order valence-corrected chi connectivity index (χ3v) is 9.66. The highest BCUT2D eigenvalue weighted by Crippen LogP contribution is 2.16. The zero-order valence-electron chi connectivity index (χ0n) is 30.6. The molecular weight excluding hydrogens is 520 g/mol. The van der Waals surface area contributed by atoms with E-state index < -0.39 is 0 Å². The first-order valence-corrected chi connectivity index (χ1v) is 20.8. The number of hydrogen-bond donors (Lipinski definition) is 0. The van der Waals surface area contributed by atoms with Gasteiger partial charge in [-0.05, 0) is 12.8 Å². The van der Waals surface area contributed by atoms with Gasteiger partial charge < -0.3 is 4.74 Å². The Bertz CT molecular complexity index is 406. The fraction of sp³-hybridized carbons (Fsp3) is 0.976. The first-order valence-electron chi connectivity index (χ1n) is 20.8. The van der Waals surface area contributed by atoms with E-state index in [9.17, 15) is 0 Å². The molecule has 0 atom stereocenters. The summed E-state index contributed by atoms with van der Waals surface area (Å²) in [6.45, 7) is 7.65. The molecule has 0 aliphatic heterocycles. The molecule has 0 aromatic carbocycles. The SMILES string of the molecule is CCCCCCCCCCCCCCCCCCCCC[CH]OCCCCCCCCCCCCCCCCCCCC. The van der Waals surface area contributed by atoms with Gasteiger partial charge in [-0.15, -0.1) is 0 Å². The third kappa shape index (κ3) is 42.0. The lowest BCUT2D eigenvalue weighted by Crippen LogP contribution is -1.92. The lowest BCUT2D eigenvalue weighted by Gasteiger charge is -2.05. The molecule has 0 spiro atoms. The van der Waals surface area contributed by atoms with Crippen molar-refractivity contribution >= 4 is 0 Å². The summed E-state index contributed by atoms with van der Waals surface area (Å²) in [5.41, 5.74) is 0. The zero-order valence-corrected chi connectivity index (χ0v) is 30.6. The van der Waals surface area contributed by atoms with E-state index in [4.69, 9.17) is 4.74 Å². The lowest BCUT2D eigenvalue weighted by atomic mass is 10.0. The Morgan fingerprint density at radius 2 is 0.465 bits per heavy atom. The van der Waals surface area contributed by atoms with Gasteiger partial charge in [0.2, 0.25) is 0 Å². The molecule has 0 aromatic rings. The first kappa shape index (κ1) is 43.0. The number of ether oxygens (including phenoxy) is 1. The standard InChI is InChI=1S/C42H85O/c1-3-5-7-9-11-13-15-17-19-21-23-24-26-28-30-32-34-36-38-40-42-43-41-39-37-35-33-31-29-27-25-22-20-18-16-14-12-10-8-6-4-2/h42H,3-41H2,1-2H3. The van der Waals surface area contributed by atoms with Crippen LogP contribution >= 0.6 is 0 Å². The summed E-state index contributed by atoms with van der Waals surface area (Å²) < 4.78 is 5.77. The predicted molar refractivity (Wildman–Crippen MR) is 197 cm³/mol. The molecule has 1 heteroatoms. The summed E-state index contributed by atoms with van der Waals surface area (Å²) in [4.78, 5) is 0. The fourth-order valence-corrected chi connectivity index (χ4v) is 6.56. The molecule has 0 aliphatic carbocycles. The van der Waals surface area contributed by atoms with E-state index in [1.54, 1.807) is 0 Å². The Morgan fingerprint density at radius 1 is 0.256 bits per heavy atom. The maximum atomic E-state index is 5.77. The molecular formula is C42H85O. The summed E-state index contributed by atoms with van der Waals surface area (Å²) in [6.07, 6.45) is 54.6. The Labute approximate surface area is 275 Å². The van der Waals surface area contributed by atoms with E-state index in [1.165, 1.54) is 238 Å². The van der Waals surface area contributed by atoms with Crippen LogP contribution in [-0.2, 0) is 4.74 Å². The van der Waals surface area contributed by atoms with Gasteiger partial charge in [0.15, 0.2) is 0 Å². The van der Waals surface area contributed by atoms with Crippen molar-refractivity contribution in [3.8, 4) is 0 Å². The molecule has 259 valence electrons. The van der Waals surface area contributed by atoms with Crippen LogP contribution in [0.25, 0.3) is 0 Å². The van der Waals surface area contributed by atoms with Crippen molar-refractivity contribution in [3.63, 3.8) is 0 Å². The van der Waals surface area contributed by atoms with Gasteiger partial charge in [-0.2, -0.15) is 0 Å². The first-order chi connectivity index (χ1) is 21.4. The molecule has 0 fully saturated rings. The van der Waals surface area contributed by atoms with E-state index in [-0.39, 0.29) is 0 Å². The second kappa shape index (κ2) is 42.0. The summed E-state index contributed by atoms with van der Waals surface area (Å²) in [6, 6.07) is 0. The Kier molecular flexibility index (Phi) is 41.9. The summed E-state index contributed by atoms with van der Waals surface area (Å²) in [5, 5.41) is 0. The van der Waals surface area contributed by atoms with Crippen LogP contribution in [-0.4, -0.2) is 6.61 Å². The molecule has 0 saturated heterocycles. The van der Waals surface area contributed by atoms with E-state index >= 15 is 0 Å². The van der Waals surface area contributed by atoms with Crippen molar-refractivity contribution in [3.05, 3.63) is 6.61 Å². The molecule has 43 heavy (non-hydrogen) atoms. The van der Waals surface area contributed by atoms with Gasteiger partial charge in [-0.25, -0.2) is 0 Å². The van der Waals surface area contributed by atoms with Crippen molar-refractivity contribution in [2.75, 3.05) is 6.61 Å². The summed E-state index contributed by atoms with van der Waals surface area (Å²) in [5.74, 6) is 0. The van der Waals surface area contributed by atoms with Gasteiger partial charge in [0.1, 0.15) is 0 Å². The van der Waals surface area contributed by atoms with E-state index in [1.807, 2.05) is 0 Å². The Hall–Kier alpha value is -0.0400. The third-order valence-electron chi connectivity index (χ3n) is 9.66. The van der Waals surface area contributed by atoms with Gasteiger partial charge in [-0.3, -0.25) is 0 Å². The smallest absolute Gasteiger partial charge is 0.0836 e. The highest BCUT2D eigenvalue weighted by atomic mass is 16.5. The predicted octanol–water partition coefficient (Wildman–Crippen LogP) is 16.0. The van der Waals surface area contributed by atoms with Gasteiger partial charge in [0, 0.05) is 6.61 Å². The van der Waals surface area contributed by atoms with Crippen molar-refractivity contribution in [1.29, 1.82) is 0 Å². The average Bonchev–Trinajstić information content (AvgIpc) is 3.02. The minimum atomic E-state index is 0.942. The van der Waals surface area contributed by atoms with Crippen LogP contribution < -0.4 is 0 Å². The highest BCUT2D eigenvalue weighted by molar-refractivity contribution is 4.55. The second-order valence-corrected chi connectivity index (χ2v) is 14.2. The average molecular weight is 606 g/mol. The molecule has 0 unspecified atom stereocenters. The molecule has 0 bridgehead atoms. The van der Waals surface area contributed by atoms with E-state index in [2.05, 4.69) is 20.5 Å². The topological polar surface area (TPSA) is 9.23 Å². The van der Waals surface area contributed by atoms with Gasteiger partial charge >= 0.3 is 0 Å². The fourth-order valence-electron chi connectivity index (χ4n) is 6.56. The molecule has 1 radical (unpaired) electrons. The van der Waals surface area contributed by atoms with Crippen LogP contribution in [0.2, 0.25) is 0 Å². The van der Waals surface area contributed by atoms with Gasteiger partial charge in [-0.1, -0.05) is 245 Å². The number of unbranched alkanes of at least 4 members (excludes halogenated alkanes) is 36. The molecule has 0 saturated carbocycles. The minimum Gasteiger partial charge on any atom is -0.376 e. The molecule has 1 nitrogen and oxygen atoms in total. The number of rotatable bonds is 40. The maximum Gasteiger partial charge on any atom is 0.0836 e. The van der Waals surface area contributed by atoms with Crippen LogP contribution in [0.3, 0.4) is 0 Å². The minimum absolute atomic E-state index is 0.942. The zero-order chi connectivity index (χ0) is 31.0. The second-order valence-electron chi connectivity index (χ2n) is 14.2. The Balaban J connectivity index is 3.02. The molecule has 0 heterocycles. The molecule has 0 rings (SSSR count). The van der Waals surface area contributed by atoms with Crippen molar-refractivity contribution in [2.45, 2.75) is 258 Å². The van der Waals surface area contributed by atoms with Crippen LogP contribution in [0, 0.1) is 6.61 Å². The quantitative estimate of drug-likeness (QED) is 0.0631. The van der Waals surface area contributed by atoms with E-state index in [0.29, 0.717) is 0 Å². The largest absolute Gasteiger partial charge is 0.376 e.